The Morgan fingerprint density at radius 1 is 1.25 bits per heavy atom. The molecule has 0 spiro atoms. The van der Waals surface area contributed by atoms with E-state index in [-0.39, 0.29) is 11.7 Å². The van der Waals surface area contributed by atoms with Crippen molar-refractivity contribution < 1.29 is 9.90 Å². The number of aromatic nitrogens is 1. The molecule has 0 radical (unpaired) electrons. The summed E-state index contributed by atoms with van der Waals surface area (Å²) in [5.41, 5.74) is 3.13. The summed E-state index contributed by atoms with van der Waals surface area (Å²) in [6.07, 6.45) is 2.25. The van der Waals surface area contributed by atoms with Crippen molar-refractivity contribution in [3.63, 3.8) is 0 Å². The third-order valence-corrected chi connectivity index (χ3v) is 3.95. The van der Waals surface area contributed by atoms with Gasteiger partial charge < -0.3 is 10.1 Å². The van der Waals surface area contributed by atoms with E-state index in [9.17, 15) is 9.90 Å². The summed E-state index contributed by atoms with van der Waals surface area (Å²) in [7, 11) is 0. The number of aromatic amines is 1. The van der Waals surface area contributed by atoms with Gasteiger partial charge in [0.25, 0.3) is 0 Å². The highest BCUT2D eigenvalue weighted by atomic mass is 16.3. The number of hydrogen-bond donors (Lipinski definition) is 2. The van der Waals surface area contributed by atoms with Crippen molar-refractivity contribution in [1.82, 2.24) is 4.98 Å². The number of carbonyl (C=O) groups is 1. The van der Waals surface area contributed by atoms with Crippen LogP contribution in [0.2, 0.25) is 0 Å². The molecule has 24 heavy (non-hydrogen) atoms. The van der Waals surface area contributed by atoms with Gasteiger partial charge in [-0.05, 0) is 53.3 Å². The maximum Gasteiger partial charge on any atom is 0.196 e. The molecule has 0 bridgehead atoms. The summed E-state index contributed by atoms with van der Waals surface area (Å²) in [6, 6.07) is 11.3. The highest BCUT2D eigenvalue weighted by Crippen LogP contribution is 2.29. The molecule has 0 saturated heterocycles. The van der Waals surface area contributed by atoms with E-state index in [2.05, 4.69) is 20.4 Å². The number of Topliss-reactive ketones (excluding diaryl/α,β-unsaturated/α-hetero) is 1. The average Bonchev–Trinajstić information content (AvgIpc) is 3.12. The Balaban J connectivity index is 1.88. The van der Waals surface area contributed by atoms with E-state index in [0.29, 0.717) is 17.7 Å². The molecule has 0 saturated carbocycles. The Kier molecular flexibility index (Phi) is 3.23. The van der Waals surface area contributed by atoms with Gasteiger partial charge in [-0.2, -0.15) is 0 Å². The van der Waals surface area contributed by atoms with Crippen LogP contribution in [0.5, 0.6) is 5.88 Å². The molecule has 1 aromatic heterocycles. The Hall–Kier alpha value is -3.28. The van der Waals surface area contributed by atoms with Crippen LogP contribution in [0.15, 0.2) is 51.8 Å². The minimum absolute atomic E-state index is 0.0942. The first-order valence-corrected chi connectivity index (χ1v) is 7.54. The van der Waals surface area contributed by atoms with E-state index >= 15 is 0 Å². The number of fused-ring (bicyclic) bond motifs is 2. The second kappa shape index (κ2) is 5.42. The van der Waals surface area contributed by atoms with Crippen molar-refractivity contribution in [2.24, 2.45) is 15.4 Å². The van der Waals surface area contributed by atoms with Gasteiger partial charge >= 0.3 is 0 Å². The second-order valence-electron chi connectivity index (χ2n) is 5.83. The third kappa shape index (κ3) is 2.48. The monoisotopic (exact) mass is 318 g/mol. The number of nitrogens with one attached hydrogen (secondary N) is 1. The van der Waals surface area contributed by atoms with Gasteiger partial charge in [0.2, 0.25) is 0 Å². The maximum absolute atomic E-state index is 11.3. The number of nitrogens with zero attached hydrogens (tertiary/aromatic N) is 3. The Morgan fingerprint density at radius 2 is 2.12 bits per heavy atom. The Morgan fingerprint density at radius 3 is 2.96 bits per heavy atom. The molecule has 0 unspecified atom stereocenters. The van der Waals surface area contributed by atoms with E-state index in [0.717, 1.165) is 27.0 Å². The molecule has 0 aliphatic carbocycles. The number of hydrogen-bond acceptors (Lipinski definition) is 5. The minimum Gasteiger partial charge on any atom is -0.494 e. The van der Waals surface area contributed by atoms with Gasteiger partial charge in [0.15, 0.2) is 5.88 Å². The lowest BCUT2D eigenvalue weighted by atomic mass is 10.0. The number of benzene rings is 2. The van der Waals surface area contributed by atoms with Gasteiger partial charge in [0.1, 0.15) is 16.8 Å². The maximum atomic E-state index is 11.3. The summed E-state index contributed by atoms with van der Waals surface area (Å²) in [6.45, 7) is 1.57. The molecule has 6 nitrogen and oxygen atoms in total. The third-order valence-electron chi connectivity index (χ3n) is 3.95. The van der Waals surface area contributed by atoms with Crippen LogP contribution in [0.4, 0.5) is 5.69 Å². The molecule has 118 valence electrons. The van der Waals surface area contributed by atoms with Gasteiger partial charge in [-0.15, -0.1) is 10.2 Å². The molecule has 4 rings (SSSR count). The van der Waals surface area contributed by atoms with Crippen molar-refractivity contribution in [1.29, 1.82) is 0 Å². The highest BCUT2D eigenvalue weighted by Gasteiger charge is 2.10. The van der Waals surface area contributed by atoms with Crippen LogP contribution in [0.3, 0.4) is 0 Å². The van der Waals surface area contributed by atoms with E-state index in [1.807, 2.05) is 42.5 Å². The van der Waals surface area contributed by atoms with Crippen molar-refractivity contribution in [3.8, 4) is 5.88 Å². The van der Waals surface area contributed by atoms with Gasteiger partial charge in [-0.1, -0.05) is 12.1 Å². The van der Waals surface area contributed by atoms with Crippen LogP contribution < -0.4 is 10.6 Å². The minimum atomic E-state index is 0.0942. The van der Waals surface area contributed by atoms with Gasteiger partial charge in [-0.3, -0.25) is 4.79 Å². The molecule has 0 fully saturated rings. The summed E-state index contributed by atoms with van der Waals surface area (Å²) in [5.74, 6) is 0.198. The molecule has 2 N–H and O–H groups in total. The lowest BCUT2D eigenvalue weighted by Gasteiger charge is -1.99. The van der Waals surface area contributed by atoms with Crippen LogP contribution in [0.1, 0.15) is 18.1 Å². The van der Waals surface area contributed by atoms with Crippen molar-refractivity contribution in [3.05, 3.63) is 58.1 Å². The largest absolute Gasteiger partial charge is 0.494 e. The molecule has 1 aliphatic rings. The quantitative estimate of drug-likeness (QED) is 0.776. The molecule has 3 aromatic rings. The van der Waals surface area contributed by atoms with Crippen LogP contribution in [0, 0.1) is 0 Å². The SMILES string of the molecule is CC(=O)Cc1ccc2[nH]c(O)c(C=c3ccc4c(c3)N=NN=4)c2c1. The summed E-state index contributed by atoms with van der Waals surface area (Å²) in [4.78, 5) is 14.3. The van der Waals surface area contributed by atoms with E-state index in [4.69, 9.17) is 0 Å². The lowest BCUT2D eigenvalue weighted by Crippen LogP contribution is -2.06. The lowest BCUT2D eigenvalue weighted by molar-refractivity contribution is -0.116. The zero-order chi connectivity index (χ0) is 16.7. The molecule has 2 heterocycles. The topological polar surface area (TPSA) is 90.2 Å². The van der Waals surface area contributed by atoms with Crippen LogP contribution in [-0.4, -0.2) is 15.9 Å². The predicted molar refractivity (Wildman–Crippen MR) is 89.7 cm³/mol. The first kappa shape index (κ1) is 14.3. The van der Waals surface area contributed by atoms with Crippen LogP contribution in [-0.2, 0) is 11.2 Å². The number of ketones is 1. The zero-order valence-corrected chi connectivity index (χ0v) is 12.9. The van der Waals surface area contributed by atoms with Crippen molar-refractivity contribution in [2.45, 2.75) is 13.3 Å². The predicted octanol–water partition coefficient (Wildman–Crippen LogP) is 2.47. The molecule has 1 aliphatic heterocycles. The number of rotatable bonds is 3. The molecular weight excluding hydrogens is 304 g/mol. The molecule has 6 heteroatoms. The average molecular weight is 318 g/mol. The fourth-order valence-electron chi connectivity index (χ4n) is 2.87. The number of H-pyrrole nitrogens is 1. The number of aromatic hydroxyl groups is 1. The summed E-state index contributed by atoms with van der Waals surface area (Å²) < 4.78 is 0. The summed E-state index contributed by atoms with van der Waals surface area (Å²) >= 11 is 0. The van der Waals surface area contributed by atoms with Crippen molar-refractivity contribution >= 4 is 28.4 Å². The first-order chi connectivity index (χ1) is 11.6. The number of carbonyl (C=O) groups excluding carboxylic acids is 1. The van der Waals surface area contributed by atoms with Gasteiger partial charge in [-0.25, -0.2) is 0 Å². The van der Waals surface area contributed by atoms with E-state index < -0.39 is 0 Å². The normalized spacial score (nSPS) is 13.3. The van der Waals surface area contributed by atoms with Crippen LogP contribution in [0.25, 0.3) is 17.0 Å². The fourth-order valence-corrected chi connectivity index (χ4v) is 2.87. The van der Waals surface area contributed by atoms with Crippen molar-refractivity contribution in [2.75, 3.05) is 0 Å². The molecule has 0 amide bonds. The van der Waals surface area contributed by atoms with E-state index in [1.54, 1.807) is 6.92 Å². The van der Waals surface area contributed by atoms with E-state index in [1.165, 1.54) is 0 Å². The Bertz CT molecular complexity index is 1130. The van der Waals surface area contributed by atoms with Crippen LogP contribution >= 0.6 is 0 Å². The molecule has 2 aromatic carbocycles. The fraction of sp³-hybridized carbons (Fsp3) is 0.111. The second-order valence-corrected chi connectivity index (χ2v) is 5.83. The summed E-state index contributed by atoms with van der Waals surface area (Å²) in [5, 5.41) is 24.2. The smallest absolute Gasteiger partial charge is 0.196 e. The highest BCUT2D eigenvalue weighted by molar-refractivity contribution is 5.93. The first-order valence-electron chi connectivity index (χ1n) is 7.54. The van der Waals surface area contributed by atoms with Gasteiger partial charge in [0.05, 0.1) is 0 Å². The molecule has 0 atom stereocenters. The zero-order valence-electron chi connectivity index (χ0n) is 12.9. The standard InChI is InChI=1S/C18H14N4O2/c1-10(23)6-11-2-4-15-13(7-11)14(18(24)19-15)8-12-3-5-16-17(9-12)21-22-20-16/h2-5,7-9,19,24H,6H2,1H3. The Labute approximate surface area is 136 Å². The molecular formula is C18H14N4O2. The van der Waals surface area contributed by atoms with Gasteiger partial charge in [0, 0.05) is 22.9 Å².